The van der Waals surface area contributed by atoms with Gasteiger partial charge in [-0.05, 0) is 19.8 Å². The predicted octanol–water partition coefficient (Wildman–Crippen LogP) is 0.854. The Balaban J connectivity index is 2.54. The van der Waals surface area contributed by atoms with Crippen molar-refractivity contribution < 1.29 is 14.3 Å². The quantitative estimate of drug-likeness (QED) is 0.588. The normalized spacial score (nSPS) is 30.4. The molecule has 1 heterocycles. The van der Waals surface area contributed by atoms with Crippen LogP contribution in [0.25, 0.3) is 0 Å². The van der Waals surface area contributed by atoms with Crippen molar-refractivity contribution in [3.63, 3.8) is 0 Å². The van der Waals surface area contributed by atoms with Crippen LogP contribution in [0.5, 0.6) is 0 Å². The van der Waals surface area contributed by atoms with Crippen LogP contribution < -0.4 is 5.32 Å². The van der Waals surface area contributed by atoms with Crippen LogP contribution in [0.1, 0.15) is 33.1 Å². The van der Waals surface area contributed by atoms with E-state index < -0.39 is 0 Å². The molecule has 0 saturated carbocycles. The van der Waals surface area contributed by atoms with E-state index in [1.807, 2.05) is 6.92 Å². The third kappa shape index (κ3) is 3.36. The highest BCUT2D eigenvalue weighted by atomic mass is 16.5. The van der Waals surface area contributed by atoms with Gasteiger partial charge in [-0.25, -0.2) is 0 Å². The van der Waals surface area contributed by atoms with Gasteiger partial charge < -0.3 is 10.1 Å². The van der Waals surface area contributed by atoms with Gasteiger partial charge in [0.05, 0.1) is 12.3 Å². The Hall–Kier alpha value is -1.06. The second kappa shape index (κ2) is 4.98. The minimum Gasteiger partial charge on any atom is -0.462 e. The third-order valence-electron chi connectivity index (χ3n) is 2.33. The lowest BCUT2D eigenvalue weighted by molar-refractivity contribution is -0.154. The van der Waals surface area contributed by atoms with Gasteiger partial charge >= 0.3 is 5.97 Å². The van der Waals surface area contributed by atoms with E-state index >= 15 is 0 Å². The van der Waals surface area contributed by atoms with Gasteiger partial charge in [0, 0.05) is 6.54 Å². The molecule has 1 fully saturated rings. The first kappa shape index (κ1) is 11.0. The summed E-state index contributed by atoms with van der Waals surface area (Å²) >= 11 is 0. The van der Waals surface area contributed by atoms with E-state index in [1.165, 1.54) is 0 Å². The molecule has 1 saturated heterocycles. The molecule has 1 aliphatic rings. The Bertz CT molecular complexity index is 227. The summed E-state index contributed by atoms with van der Waals surface area (Å²) in [6.45, 7) is 4.26. The van der Waals surface area contributed by atoms with E-state index in [4.69, 9.17) is 4.74 Å². The Morgan fingerprint density at radius 3 is 2.79 bits per heavy atom. The maximum Gasteiger partial charge on any atom is 0.308 e. The van der Waals surface area contributed by atoms with E-state index in [0.717, 1.165) is 12.8 Å². The fourth-order valence-corrected chi connectivity index (χ4v) is 1.44. The number of carbonyl (C=O) groups excluding carboxylic acids is 2. The molecule has 0 bridgehead atoms. The molecule has 0 spiro atoms. The first-order valence-corrected chi connectivity index (χ1v) is 5.07. The van der Waals surface area contributed by atoms with Crippen molar-refractivity contribution in [1.29, 1.82) is 0 Å². The molecule has 4 heteroatoms. The number of amides is 1. The van der Waals surface area contributed by atoms with Gasteiger partial charge in [0.15, 0.2) is 0 Å². The molecule has 80 valence electrons. The largest absolute Gasteiger partial charge is 0.462 e. The molecule has 14 heavy (non-hydrogen) atoms. The van der Waals surface area contributed by atoms with Gasteiger partial charge in [-0.3, -0.25) is 9.59 Å². The van der Waals surface area contributed by atoms with Crippen LogP contribution in [0.3, 0.4) is 0 Å². The smallest absolute Gasteiger partial charge is 0.308 e. The number of cyclic esters (lactones) is 1. The molecular formula is C10H17NO3. The lowest BCUT2D eigenvalue weighted by atomic mass is 10.1. The van der Waals surface area contributed by atoms with Crippen molar-refractivity contribution in [2.45, 2.75) is 39.2 Å². The summed E-state index contributed by atoms with van der Waals surface area (Å²) in [5, 5.41) is 2.79. The monoisotopic (exact) mass is 199 g/mol. The maximum absolute atomic E-state index is 11.4. The van der Waals surface area contributed by atoms with Gasteiger partial charge in [0.1, 0.15) is 6.10 Å². The Labute approximate surface area is 84.0 Å². The molecule has 0 aromatic carbocycles. The molecule has 4 nitrogen and oxygen atoms in total. The van der Waals surface area contributed by atoms with Crippen molar-refractivity contribution >= 4 is 11.9 Å². The molecule has 1 N–H and O–H groups in total. The SMILES string of the molecule is CC1CC(=O)NCCCC(C)C(=O)O1. The topological polar surface area (TPSA) is 55.4 Å². The lowest BCUT2D eigenvalue weighted by Gasteiger charge is -2.18. The summed E-state index contributed by atoms with van der Waals surface area (Å²) in [6, 6.07) is 0. The van der Waals surface area contributed by atoms with Gasteiger partial charge in [-0.1, -0.05) is 6.92 Å². The lowest BCUT2D eigenvalue weighted by Crippen LogP contribution is -2.32. The zero-order valence-corrected chi connectivity index (χ0v) is 8.71. The van der Waals surface area contributed by atoms with Crippen LogP contribution in [-0.4, -0.2) is 24.5 Å². The van der Waals surface area contributed by atoms with E-state index in [0.29, 0.717) is 6.54 Å². The van der Waals surface area contributed by atoms with Crippen molar-refractivity contribution in [3.8, 4) is 0 Å². The van der Waals surface area contributed by atoms with Crippen LogP contribution >= 0.6 is 0 Å². The van der Waals surface area contributed by atoms with Crippen LogP contribution in [-0.2, 0) is 14.3 Å². The van der Waals surface area contributed by atoms with E-state index in [-0.39, 0.29) is 30.3 Å². The van der Waals surface area contributed by atoms with Crippen LogP contribution in [0, 0.1) is 5.92 Å². The van der Waals surface area contributed by atoms with Crippen LogP contribution in [0.15, 0.2) is 0 Å². The van der Waals surface area contributed by atoms with E-state index in [2.05, 4.69) is 5.32 Å². The fourth-order valence-electron chi connectivity index (χ4n) is 1.44. The van der Waals surface area contributed by atoms with Gasteiger partial charge in [0.2, 0.25) is 5.91 Å². The molecule has 1 rings (SSSR count). The molecule has 1 aliphatic heterocycles. The van der Waals surface area contributed by atoms with Gasteiger partial charge in [-0.15, -0.1) is 0 Å². The van der Waals surface area contributed by atoms with Crippen molar-refractivity contribution in [2.75, 3.05) is 6.54 Å². The van der Waals surface area contributed by atoms with Crippen LogP contribution in [0.4, 0.5) is 0 Å². The summed E-state index contributed by atoms with van der Waals surface area (Å²) in [5.74, 6) is -0.292. The third-order valence-corrected chi connectivity index (χ3v) is 2.33. The highest BCUT2D eigenvalue weighted by Crippen LogP contribution is 2.11. The first-order valence-electron chi connectivity index (χ1n) is 5.07. The predicted molar refractivity (Wildman–Crippen MR) is 51.6 cm³/mol. The molecule has 2 atom stereocenters. The standard InChI is InChI=1S/C10H17NO3/c1-7-4-3-5-11-9(12)6-8(2)14-10(7)13/h7-8H,3-6H2,1-2H3,(H,11,12). The molecular weight excluding hydrogens is 182 g/mol. The molecule has 1 amide bonds. The Kier molecular flexibility index (Phi) is 3.92. The van der Waals surface area contributed by atoms with Gasteiger partial charge in [-0.2, -0.15) is 0 Å². The molecule has 0 radical (unpaired) electrons. The van der Waals surface area contributed by atoms with E-state index in [1.54, 1.807) is 6.92 Å². The summed E-state index contributed by atoms with van der Waals surface area (Å²) < 4.78 is 5.11. The number of nitrogens with one attached hydrogen (secondary N) is 1. The molecule has 0 aromatic rings. The average Bonchev–Trinajstić information content (AvgIpc) is 2.10. The van der Waals surface area contributed by atoms with Crippen LogP contribution in [0.2, 0.25) is 0 Å². The number of rotatable bonds is 0. The summed E-state index contributed by atoms with van der Waals surface area (Å²) in [5.41, 5.74) is 0. The summed E-state index contributed by atoms with van der Waals surface area (Å²) in [7, 11) is 0. The number of ether oxygens (including phenoxy) is 1. The number of hydrogen-bond donors (Lipinski definition) is 1. The van der Waals surface area contributed by atoms with Crippen molar-refractivity contribution in [1.82, 2.24) is 5.32 Å². The van der Waals surface area contributed by atoms with Gasteiger partial charge in [0.25, 0.3) is 0 Å². The maximum atomic E-state index is 11.4. The molecule has 2 unspecified atom stereocenters. The minimum absolute atomic E-state index is 0.0418. The second-order valence-corrected chi connectivity index (χ2v) is 3.84. The average molecular weight is 199 g/mol. The number of carbonyl (C=O) groups is 2. The van der Waals surface area contributed by atoms with E-state index in [9.17, 15) is 9.59 Å². The number of hydrogen-bond acceptors (Lipinski definition) is 3. The first-order chi connectivity index (χ1) is 6.59. The zero-order chi connectivity index (χ0) is 10.6. The Morgan fingerprint density at radius 1 is 1.36 bits per heavy atom. The fraction of sp³-hybridized carbons (Fsp3) is 0.800. The minimum atomic E-state index is -0.317. The number of esters is 1. The summed E-state index contributed by atoms with van der Waals surface area (Å²) in [6.07, 6.45) is 1.55. The molecule has 0 aromatic heterocycles. The highest BCUT2D eigenvalue weighted by Gasteiger charge is 2.20. The van der Waals surface area contributed by atoms with Crippen molar-refractivity contribution in [3.05, 3.63) is 0 Å². The second-order valence-electron chi connectivity index (χ2n) is 3.84. The Morgan fingerprint density at radius 2 is 2.07 bits per heavy atom. The molecule has 0 aliphatic carbocycles. The van der Waals surface area contributed by atoms with Crippen molar-refractivity contribution in [2.24, 2.45) is 5.92 Å². The zero-order valence-electron chi connectivity index (χ0n) is 8.71. The highest BCUT2D eigenvalue weighted by molar-refractivity contribution is 5.77. The summed E-state index contributed by atoms with van der Waals surface area (Å²) in [4.78, 5) is 22.6.